The second-order valence-electron chi connectivity index (χ2n) is 8.22. The third kappa shape index (κ3) is 4.38. The molecular formula is C21H30N2O3. The van der Waals surface area contributed by atoms with E-state index in [1.54, 1.807) is 7.11 Å². The Hall–Kier alpha value is -1.59. The molecule has 5 heteroatoms. The Balaban J connectivity index is 1.30. The van der Waals surface area contributed by atoms with E-state index in [1.807, 2.05) is 12.1 Å². The van der Waals surface area contributed by atoms with Crippen LogP contribution in [0.25, 0.3) is 0 Å². The topological polar surface area (TPSA) is 50.8 Å². The summed E-state index contributed by atoms with van der Waals surface area (Å²) in [6.07, 6.45) is 3.17. The van der Waals surface area contributed by atoms with Crippen LogP contribution in [0.1, 0.15) is 24.8 Å². The predicted molar refractivity (Wildman–Crippen MR) is 99.9 cm³/mol. The van der Waals surface area contributed by atoms with Gasteiger partial charge in [-0.2, -0.15) is 0 Å². The van der Waals surface area contributed by atoms with E-state index in [2.05, 4.69) is 22.3 Å². The SMILES string of the molecule is COc1ccc(CN2C[C@H]3COC[C@H](CC(=O)NCC4CC4)[C@H]3C2)cc1. The Morgan fingerprint density at radius 2 is 2.04 bits per heavy atom. The van der Waals surface area contributed by atoms with E-state index < -0.39 is 0 Å². The predicted octanol–water partition coefficient (Wildman–Crippen LogP) is 2.31. The molecule has 5 nitrogen and oxygen atoms in total. The van der Waals surface area contributed by atoms with Crippen LogP contribution in [-0.2, 0) is 16.1 Å². The van der Waals surface area contributed by atoms with E-state index in [0.717, 1.165) is 51.1 Å². The van der Waals surface area contributed by atoms with Crippen molar-refractivity contribution in [2.45, 2.75) is 25.8 Å². The van der Waals surface area contributed by atoms with Crippen LogP contribution in [0.15, 0.2) is 24.3 Å². The van der Waals surface area contributed by atoms with Crippen LogP contribution in [0.2, 0.25) is 0 Å². The maximum Gasteiger partial charge on any atom is 0.220 e. The first-order valence-corrected chi connectivity index (χ1v) is 9.91. The first-order valence-electron chi connectivity index (χ1n) is 9.91. The van der Waals surface area contributed by atoms with E-state index in [-0.39, 0.29) is 5.91 Å². The Morgan fingerprint density at radius 1 is 1.23 bits per heavy atom. The number of fused-ring (bicyclic) bond motifs is 1. The average molecular weight is 358 g/mol. The lowest BCUT2D eigenvalue weighted by Crippen LogP contribution is -2.38. The van der Waals surface area contributed by atoms with Crippen LogP contribution in [0.3, 0.4) is 0 Å². The molecule has 2 saturated heterocycles. The van der Waals surface area contributed by atoms with Gasteiger partial charge in [0.05, 0.1) is 20.3 Å². The molecule has 0 radical (unpaired) electrons. The fraction of sp³-hybridized carbons (Fsp3) is 0.667. The summed E-state index contributed by atoms with van der Waals surface area (Å²) in [6, 6.07) is 8.32. The molecule has 26 heavy (non-hydrogen) atoms. The Bertz CT molecular complexity index is 614. The number of carbonyl (C=O) groups is 1. The lowest BCUT2D eigenvalue weighted by molar-refractivity contribution is -0.124. The summed E-state index contributed by atoms with van der Waals surface area (Å²) in [6.45, 7) is 5.53. The summed E-state index contributed by atoms with van der Waals surface area (Å²) >= 11 is 0. The number of hydrogen-bond acceptors (Lipinski definition) is 4. The van der Waals surface area contributed by atoms with Crippen LogP contribution in [0, 0.1) is 23.7 Å². The van der Waals surface area contributed by atoms with Gasteiger partial charge in [0.2, 0.25) is 5.91 Å². The molecule has 3 fully saturated rings. The summed E-state index contributed by atoms with van der Waals surface area (Å²) in [5.41, 5.74) is 1.31. The van der Waals surface area contributed by atoms with Crippen molar-refractivity contribution in [3.63, 3.8) is 0 Å². The van der Waals surface area contributed by atoms with Gasteiger partial charge in [-0.15, -0.1) is 0 Å². The Labute approximate surface area is 156 Å². The number of nitrogens with zero attached hydrogens (tertiary/aromatic N) is 1. The van der Waals surface area contributed by atoms with Crippen LogP contribution in [0.4, 0.5) is 0 Å². The van der Waals surface area contributed by atoms with Crippen molar-refractivity contribution in [1.29, 1.82) is 0 Å². The second-order valence-corrected chi connectivity index (χ2v) is 8.22. The molecule has 0 unspecified atom stereocenters. The molecule has 0 bridgehead atoms. The van der Waals surface area contributed by atoms with E-state index in [0.29, 0.717) is 24.2 Å². The van der Waals surface area contributed by atoms with Crippen molar-refractivity contribution in [1.82, 2.24) is 10.2 Å². The highest BCUT2D eigenvalue weighted by Crippen LogP contribution is 2.36. The van der Waals surface area contributed by atoms with Crippen molar-refractivity contribution in [2.24, 2.45) is 23.7 Å². The van der Waals surface area contributed by atoms with Crippen molar-refractivity contribution < 1.29 is 14.3 Å². The number of nitrogens with one attached hydrogen (secondary N) is 1. The maximum atomic E-state index is 12.3. The number of carbonyl (C=O) groups excluding carboxylic acids is 1. The fourth-order valence-corrected chi connectivity index (χ4v) is 4.41. The number of benzene rings is 1. The third-order valence-electron chi connectivity index (χ3n) is 6.13. The van der Waals surface area contributed by atoms with Crippen molar-refractivity contribution >= 4 is 5.91 Å². The van der Waals surface area contributed by atoms with E-state index in [4.69, 9.17) is 9.47 Å². The quantitative estimate of drug-likeness (QED) is 0.813. The molecule has 0 spiro atoms. The van der Waals surface area contributed by atoms with E-state index in [9.17, 15) is 4.79 Å². The standard InChI is InChI=1S/C21H30N2O3/c1-25-19-6-4-16(5-7-19)10-23-11-18-14-26-13-17(20(18)12-23)8-21(24)22-9-15-2-3-15/h4-7,15,17-18,20H,2-3,8-14H2,1H3,(H,22,24)/t17-,18-,20+/m0/s1. The van der Waals surface area contributed by atoms with Crippen LogP contribution in [0.5, 0.6) is 5.75 Å². The minimum Gasteiger partial charge on any atom is -0.497 e. The molecule has 1 aromatic carbocycles. The number of rotatable bonds is 7. The van der Waals surface area contributed by atoms with E-state index >= 15 is 0 Å². The number of likely N-dealkylation sites (tertiary alicyclic amines) is 1. The molecule has 3 aliphatic rings. The lowest BCUT2D eigenvalue weighted by atomic mass is 9.81. The fourth-order valence-electron chi connectivity index (χ4n) is 4.41. The third-order valence-corrected chi connectivity index (χ3v) is 6.13. The van der Waals surface area contributed by atoms with Gasteiger partial charge < -0.3 is 14.8 Å². The summed E-state index contributed by atoms with van der Waals surface area (Å²) < 4.78 is 11.1. The monoisotopic (exact) mass is 358 g/mol. The molecule has 1 amide bonds. The normalized spacial score (nSPS) is 28.6. The summed E-state index contributed by atoms with van der Waals surface area (Å²) in [5.74, 6) is 3.33. The first kappa shape index (κ1) is 17.8. The molecular weight excluding hydrogens is 328 g/mol. The zero-order valence-electron chi connectivity index (χ0n) is 15.7. The van der Waals surface area contributed by atoms with Crippen molar-refractivity contribution in [2.75, 3.05) is 40.0 Å². The first-order chi connectivity index (χ1) is 12.7. The molecule has 0 aromatic heterocycles. The molecule has 4 rings (SSSR count). The smallest absolute Gasteiger partial charge is 0.220 e. The number of amides is 1. The summed E-state index contributed by atoms with van der Waals surface area (Å²) in [4.78, 5) is 14.8. The highest BCUT2D eigenvalue weighted by atomic mass is 16.5. The second kappa shape index (κ2) is 7.97. The highest BCUT2D eigenvalue weighted by molar-refractivity contribution is 5.76. The lowest BCUT2D eigenvalue weighted by Gasteiger charge is -2.32. The molecule has 142 valence electrons. The largest absolute Gasteiger partial charge is 0.497 e. The Kier molecular flexibility index (Phi) is 5.46. The van der Waals surface area contributed by atoms with E-state index in [1.165, 1.54) is 18.4 Å². The van der Waals surface area contributed by atoms with Gasteiger partial charge in [0.15, 0.2) is 0 Å². The number of methoxy groups -OCH3 is 1. The van der Waals surface area contributed by atoms with Crippen molar-refractivity contribution in [3.8, 4) is 5.75 Å². The minimum absolute atomic E-state index is 0.208. The average Bonchev–Trinajstić information content (AvgIpc) is 3.39. The van der Waals surface area contributed by atoms with Crippen molar-refractivity contribution in [3.05, 3.63) is 29.8 Å². The number of ether oxygens (including phenoxy) is 2. The van der Waals surface area contributed by atoms with Gasteiger partial charge in [-0.05, 0) is 54.2 Å². The van der Waals surface area contributed by atoms with Crippen LogP contribution in [-0.4, -0.2) is 50.8 Å². The van der Waals surface area contributed by atoms with Gasteiger partial charge in [0, 0.05) is 32.6 Å². The minimum atomic E-state index is 0.208. The molecule has 1 aromatic rings. The molecule has 1 saturated carbocycles. The van der Waals surface area contributed by atoms with Gasteiger partial charge >= 0.3 is 0 Å². The Morgan fingerprint density at radius 3 is 2.77 bits per heavy atom. The van der Waals surface area contributed by atoms with Crippen LogP contribution >= 0.6 is 0 Å². The number of hydrogen-bond donors (Lipinski definition) is 1. The van der Waals surface area contributed by atoms with Gasteiger partial charge in [0.25, 0.3) is 0 Å². The highest BCUT2D eigenvalue weighted by Gasteiger charge is 2.41. The molecule has 1 aliphatic carbocycles. The molecule has 1 N–H and O–H groups in total. The molecule has 3 atom stereocenters. The maximum absolute atomic E-state index is 12.3. The zero-order chi connectivity index (χ0) is 17.9. The summed E-state index contributed by atoms with van der Waals surface area (Å²) in [7, 11) is 1.70. The van der Waals surface area contributed by atoms with Gasteiger partial charge in [-0.3, -0.25) is 9.69 Å². The summed E-state index contributed by atoms with van der Waals surface area (Å²) in [5, 5.41) is 3.11. The van der Waals surface area contributed by atoms with Gasteiger partial charge in [-0.25, -0.2) is 0 Å². The van der Waals surface area contributed by atoms with Gasteiger partial charge in [-0.1, -0.05) is 12.1 Å². The molecule has 2 heterocycles. The van der Waals surface area contributed by atoms with Crippen LogP contribution < -0.4 is 10.1 Å². The molecule has 2 aliphatic heterocycles. The zero-order valence-corrected chi connectivity index (χ0v) is 15.7. The van der Waals surface area contributed by atoms with Gasteiger partial charge in [0.1, 0.15) is 5.75 Å².